The molecule has 5 nitrogen and oxygen atoms in total. The molecular weight excluding hydrogens is 274 g/mol. The van der Waals surface area contributed by atoms with E-state index in [-0.39, 0.29) is 5.41 Å². The molecule has 0 aromatic heterocycles. The van der Waals surface area contributed by atoms with Crippen molar-refractivity contribution >= 4 is 10.2 Å². The zero-order valence-corrected chi connectivity index (χ0v) is 13.9. The van der Waals surface area contributed by atoms with Gasteiger partial charge < -0.3 is 5.32 Å². The molecule has 1 N–H and O–H groups in total. The van der Waals surface area contributed by atoms with Gasteiger partial charge in [-0.3, -0.25) is 0 Å². The molecule has 1 atom stereocenters. The van der Waals surface area contributed by atoms with Crippen molar-refractivity contribution in [2.45, 2.75) is 39.5 Å². The first-order valence-electron chi connectivity index (χ1n) is 7.75. The van der Waals surface area contributed by atoms with Gasteiger partial charge in [0.1, 0.15) is 0 Å². The van der Waals surface area contributed by atoms with Gasteiger partial charge in [0.25, 0.3) is 10.2 Å². The molecule has 1 unspecified atom stereocenters. The van der Waals surface area contributed by atoms with Crippen LogP contribution >= 0.6 is 0 Å². The lowest BCUT2D eigenvalue weighted by Crippen LogP contribution is -2.51. The summed E-state index contributed by atoms with van der Waals surface area (Å²) in [5.41, 5.74) is 0.280. The van der Waals surface area contributed by atoms with Gasteiger partial charge in [-0.25, -0.2) is 0 Å². The van der Waals surface area contributed by atoms with Crippen molar-refractivity contribution in [3.63, 3.8) is 0 Å². The highest BCUT2D eigenvalue weighted by molar-refractivity contribution is 7.86. The molecule has 0 aliphatic carbocycles. The Balaban J connectivity index is 1.99. The molecule has 0 spiro atoms. The Morgan fingerprint density at radius 3 is 2.40 bits per heavy atom. The lowest BCUT2D eigenvalue weighted by atomic mass is 9.83. The summed E-state index contributed by atoms with van der Waals surface area (Å²) in [5, 5.41) is 3.16. The number of hydrogen-bond acceptors (Lipinski definition) is 3. The zero-order valence-electron chi connectivity index (χ0n) is 13.1. The summed E-state index contributed by atoms with van der Waals surface area (Å²) in [6.07, 6.45) is 4.02. The molecule has 2 aliphatic rings. The van der Waals surface area contributed by atoms with E-state index < -0.39 is 10.2 Å². The predicted octanol–water partition coefficient (Wildman–Crippen LogP) is 1.28. The molecule has 0 radical (unpaired) electrons. The molecule has 0 aromatic carbocycles. The maximum absolute atomic E-state index is 12.7. The minimum absolute atomic E-state index is 0.280. The molecule has 0 amide bonds. The fraction of sp³-hybridized carbons (Fsp3) is 1.00. The van der Waals surface area contributed by atoms with E-state index in [2.05, 4.69) is 19.2 Å². The van der Waals surface area contributed by atoms with Crippen LogP contribution in [0.2, 0.25) is 0 Å². The van der Waals surface area contributed by atoms with Crippen LogP contribution in [0.4, 0.5) is 0 Å². The minimum Gasteiger partial charge on any atom is -0.319 e. The molecule has 0 saturated carbocycles. The first-order chi connectivity index (χ1) is 9.35. The predicted molar refractivity (Wildman–Crippen MR) is 81.7 cm³/mol. The van der Waals surface area contributed by atoms with Gasteiger partial charge in [0.15, 0.2) is 0 Å². The first kappa shape index (κ1) is 16.2. The average molecular weight is 303 g/mol. The van der Waals surface area contributed by atoms with Gasteiger partial charge in [-0.2, -0.15) is 17.0 Å². The third-order valence-corrected chi connectivity index (χ3v) is 6.71. The second-order valence-corrected chi connectivity index (χ2v) is 8.92. The Bertz CT molecular complexity index is 410. The van der Waals surface area contributed by atoms with Crippen LogP contribution in [0.5, 0.6) is 0 Å². The lowest BCUT2D eigenvalue weighted by Gasteiger charge is -2.40. The molecule has 2 fully saturated rings. The summed E-state index contributed by atoms with van der Waals surface area (Å²) < 4.78 is 28.9. The molecule has 0 bridgehead atoms. The number of hydrogen-bond donors (Lipinski definition) is 1. The Kier molecular flexibility index (Phi) is 5.10. The van der Waals surface area contributed by atoms with E-state index in [9.17, 15) is 8.42 Å². The summed E-state index contributed by atoms with van der Waals surface area (Å²) in [7, 11) is -1.32. The van der Waals surface area contributed by atoms with E-state index in [1.54, 1.807) is 8.61 Å². The highest BCUT2D eigenvalue weighted by atomic mass is 32.2. The third kappa shape index (κ3) is 3.72. The van der Waals surface area contributed by atoms with Crippen LogP contribution in [0.1, 0.15) is 39.5 Å². The topological polar surface area (TPSA) is 52.7 Å². The molecule has 2 heterocycles. The number of nitrogens with one attached hydrogen (secondary N) is 1. The van der Waals surface area contributed by atoms with Crippen molar-refractivity contribution in [2.75, 3.05) is 39.8 Å². The van der Waals surface area contributed by atoms with Gasteiger partial charge in [-0.15, -0.1) is 0 Å². The van der Waals surface area contributed by atoms with Crippen molar-refractivity contribution < 1.29 is 8.42 Å². The summed E-state index contributed by atoms with van der Waals surface area (Å²) in [6, 6.07) is 0. The Labute approximate surface area is 123 Å². The van der Waals surface area contributed by atoms with Gasteiger partial charge in [-0.05, 0) is 50.6 Å². The smallest absolute Gasteiger partial charge is 0.281 e. The highest BCUT2D eigenvalue weighted by Gasteiger charge is 2.37. The molecule has 20 heavy (non-hydrogen) atoms. The highest BCUT2D eigenvalue weighted by Crippen LogP contribution is 2.32. The van der Waals surface area contributed by atoms with Crippen LogP contribution in [-0.2, 0) is 10.2 Å². The first-order valence-corrected chi connectivity index (χ1v) is 9.15. The number of rotatable bonds is 4. The van der Waals surface area contributed by atoms with Crippen LogP contribution in [0, 0.1) is 11.3 Å². The maximum atomic E-state index is 12.7. The SMILES string of the molecule is CNCC1CCCN(S(=O)(=O)N2CCC(C)(C)CC2)C1. The van der Waals surface area contributed by atoms with Crippen LogP contribution < -0.4 is 5.32 Å². The molecule has 0 aromatic rings. The molecule has 6 heteroatoms. The van der Waals surface area contributed by atoms with Crippen molar-refractivity contribution in [1.82, 2.24) is 13.9 Å². The van der Waals surface area contributed by atoms with Gasteiger partial charge in [-0.1, -0.05) is 13.8 Å². The van der Waals surface area contributed by atoms with Crippen molar-refractivity contribution in [3.05, 3.63) is 0 Å². The number of piperidine rings is 2. The van der Waals surface area contributed by atoms with Crippen LogP contribution in [-0.4, -0.2) is 56.8 Å². The van der Waals surface area contributed by atoms with E-state index in [4.69, 9.17) is 0 Å². The fourth-order valence-electron chi connectivity index (χ4n) is 3.18. The van der Waals surface area contributed by atoms with Gasteiger partial charge in [0, 0.05) is 26.2 Å². The summed E-state index contributed by atoms with van der Waals surface area (Å²) >= 11 is 0. The van der Waals surface area contributed by atoms with E-state index in [0.29, 0.717) is 32.1 Å². The second-order valence-electron chi connectivity index (χ2n) is 6.99. The summed E-state index contributed by atoms with van der Waals surface area (Å²) in [5.74, 6) is 0.449. The Hall–Kier alpha value is -0.170. The normalized spacial score (nSPS) is 29.4. The third-order valence-electron chi connectivity index (χ3n) is 4.70. The second kappa shape index (κ2) is 6.30. The Morgan fingerprint density at radius 1 is 1.15 bits per heavy atom. The van der Waals surface area contributed by atoms with Crippen LogP contribution in [0.3, 0.4) is 0 Å². The van der Waals surface area contributed by atoms with Crippen molar-refractivity contribution in [1.29, 1.82) is 0 Å². The molecule has 2 aliphatic heterocycles. The largest absolute Gasteiger partial charge is 0.319 e. The van der Waals surface area contributed by atoms with Gasteiger partial charge >= 0.3 is 0 Å². The minimum atomic E-state index is -3.25. The summed E-state index contributed by atoms with van der Waals surface area (Å²) in [6.45, 7) is 8.04. The molecule has 2 rings (SSSR count). The molecule has 2 saturated heterocycles. The summed E-state index contributed by atoms with van der Waals surface area (Å²) in [4.78, 5) is 0. The van der Waals surface area contributed by atoms with Gasteiger partial charge in [0.05, 0.1) is 0 Å². The van der Waals surface area contributed by atoms with E-state index in [1.807, 2.05) is 7.05 Å². The van der Waals surface area contributed by atoms with Crippen molar-refractivity contribution in [2.24, 2.45) is 11.3 Å². The maximum Gasteiger partial charge on any atom is 0.281 e. The van der Waals surface area contributed by atoms with Crippen LogP contribution in [0.15, 0.2) is 0 Å². The fourth-order valence-corrected chi connectivity index (χ4v) is 4.91. The standard InChI is InChI=1S/C14H29N3O2S/c1-14(2)6-9-16(10-7-14)20(18,19)17-8-4-5-13(12-17)11-15-3/h13,15H,4-12H2,1-3H3. The average Bonchev–Trinajstić information content (AvgIpc) is 2.39. The van der Waals surface area contributed by atoms with Crippen molar-refractivity contribution in [3.8, 4) is 0 Å². The van der Waals surface area contributed by atoms with Gasteiger partial charge in [0.2, 0.25) is 0 Å². The molecular formula is C14H29N3O2S. The van der Waals surface area contributed by atoms with E-state index in [1.165, 1.54) is 0 Å². The lowest BCUT2D eigenvalue weighted by molar-refractivity contribution is 0.178. The van der Waals surface area contributed by atoms with E-state index >= 15 is 0 Å². The monoisotopic (exact) mass is 303 g/mol. The Morgan fingerprint density at radius 2 is 1.80 bits per heavy atom. The number of nitrogens with zero attached hydrogens (tertiary/aromatic N) is 2. The van der Waals surface area contributed by atoms with Crippen LogP contribution in [0.25, 0.3) is 0 Å². The quantitative estimate of drug-likeness (QED) is 0.851. The zero-order chi connectivity index (χ0) is 14.8. The molecule has 118 valence electrons. The van der Waals surface area contributed by atoms with E-state index in [0.717, 1.165) is 32.2 Å².